The summed E-state index contributed by atoms with van der Waals surface area (Å²) < 4.78 is 10.4. The van der Waals surface area contributed by atoms with Crippen molar-refractivity contribution in [1.29, 1.82) is 0 Å². The van der Waals surface area contributed by atoms with Crippen LogP contribution in [0.25, 0.3) is 0 Å². The number of nitrogens with one attached hydrogen (secondary N) is 1. The van der Waals surface area contributed by atoms with Gasteiger partial charge in [-0.15, -0.1) is 11.3 Å². The maximum atomic E-state index is 12.2. The van der Waals surface area contributed by atoms with E-state index in [0.29, 0.717) is 17.0 Å². The molecule has 0 atom stereocenters. The van der Waals surface area contributed by atoms with Gasteiger partial charge in [-0.2, -0.15) is 0 Å². The number of benzene rings is 1. The number of carbonyl (C=O) groups excluding carboxylic acids is 3. The van der Waals surface area contributed by atoms with E-state index in [0.717, 1.165) is 0 Å². The van der Waals surface area contributed by atoms with E-state index in [1.165, 1.54) is 11.3 Å². The SMILES string of the molecule is O=C1COC(Nc2ccccc2)=C1C(=O)OCCCC(=O)c1cccs1. The van der Waals surface area contributed by atoms with Crippen molar-refractivity contribution >= 4 is 34.6 Å². The third-order valence-corrected chi connectivity index (χ3v) is 4.58. The first-order valence-electron chi connectivity index (χ1n) is 8.11. The molecule has 0 spiro atoms. The summed E-state index contributed by atoms with van der Waals surface area (Å²) in [6.45, 7) is -0.137. The quantitative estimate of drug-likeness (QED) is 0.332. The molecule has 0 radical (unpaired) electrons. The van der Waals surface area contributed by atoms with Crippen LogP contribution in [0.2, 0.25) is 0 Å². The van der Waals surface area contributed by atoms with Gasteiger partial charge in [0.2, 0.25) is 11.7 Å². The van der Waals surface area contributed by atoms with Crippen molar-refractivity contribution in [3.8, 4) is 0 Å². The lowest BCUT2D eigenvalue weighted by Gasteiger charge is -2.08. The van der Waals surface area contributed by atoms with Crippen molar-refractivity contribution in [2.24, 2.45) is 0 Å². The summed E-state index contributed by atoms with van der Waals surface area (Å²) in [7, 11) is 0. The molecular formula is C19H17NO5S. The predicted molar refractivity (Wildman–Crippen MR) is 96.9 cm³/mol. The monoisotopic (exact) mass is 371 g/mol. The maximum absolute atomic E-state index is 12.2. The Balaban J connectivity index is 1.54. The molecule has 1 aliphatic rings. The number of esters is 1. The number of Topliss-reactive ketones (excluding diaryl/α,β-unsaturated/α-hetero) is 2. The number of para-hydroxylation sites is 1. The van der Waals surface area contributed by atoms with Crippen molar-refractivity contribution in [3.63, 3.8) is 0 Å². The normalized spacial score (nSPS) is 13.5. The molecule has 1 aromatic heterocycles. The van der Waals surface area contributed by atoms with E-state index < -0.39 is 11.8 Å². The lowest BCUT2D eigenvalue weighted by molar-refractivity contribution is -0.140. The first-order valence-corrected chi connectivity index (χ1v) is 8.99. The maximum Gasteiger partial charge on any atom is 0.347 e. The summed E-state index contributed by atoms with van der Waals surface area (Å²) in [6, 6.07) is 12.7. The second kappa shape index (κ2) is 8.44. The summed E-state index contributed by atoms with van der Waals surface area (Å²) in [5, 5.41) is 4.75. The third kappa shape index (κ3) is 4.37. The van der Waals surface area contributed by atoms with Crippen LogP contribution in [0.4, 0.5) is 5.69 Å². The Morgan fingerprint density at radius 1 is 1.15 bits per heavy atom. The average Bonchev–Trinajstić information content (AvgIpc) is 3.30. The molecule has 1 aliphatic heterocycles. The Hall–Kier alpha value is -2.93. The fourth-order valence-electron chi connectivity index (χ4n) is 2.40. The molecule has 1 aromatic carbocycles. The van der Waals surface area contributed by atoms with Gasteiger partial charge in [0.1, 0.15) is 0 Å². The molecule has 0 fully saturated rings. The zero-order chi connectivity index (χ0) is 18.4. The van der Waals surface area contributed by atoms with E-state index in [1.807, 2.05) is 29.6 Å². The zero-order valence-corrected chi connectivity index (χ0v) is 14.7. The highest BCUT2D eigenvalue weighted by molar-refractivity contribution is 7.12. The molecule has 0 amide bonds. The number of anilines is 1. The smallest absolute Gasteiger partial charge is 0.347 e. The summed E-state index contributed by atoms with van der Waals surface area (Å²) >= 11 is 1.38. The predicted octanol–water partition coefficient (Wildman–Crippen LogP) is 3.18. The molecule has 26 heavy (non-hydrogen) atoms. The molecule has 0 saturated carbocycles. The Labute approximate surface area is 154 Å². The molecule has 2 heterocycles. The minimum absolute atomic E-state index is 0.0157. The molecule has 0 aliphatic carbocycles. The number of ketones is 2. The van der Waals surface area contributed by atoms with E-state index in [-0.39, 0.29) is 36.9 Å². The summed E-state index contributed by atoms with van der Waals surface area (Å²) in [4.78, 5) is 36.7. The fraction of sp³-hybridized carbons (Fsp3) is 0.211. The molecule has 6 nitrogen and oxygen atoms in total. The fourth-order valence-corrected chi connectivity index (χ4v) is 3.09. The van der Waals surface area contributed by atoms with E-state index in [1.54, 1.807) is 18.2 Å². The van der Waals surface area contributed by atoms with Crippen LogP contribution in [-0.2, 0) is 19.1 Å². The van der Waals surface area contributed by atoms with Gasteiger partial charge in [0.25, 0.3) is 0 Å². The van der Waals surface area contributed by atoms with Gasteiger partial charge in [0.15, 0.2) is 18.0 Å². The van der Waals surface area contributed by atoms with Crippen LogP contribution in [0.3, 0.4) is 0 Å². The summed E-state index contributed by atoms with van der Waals surface area (Å²) in [5.41, 5.74) is 0.572. The van der Waals surface area contributed by atoms with E-state index >= 15 is 0 Å². The number of ether oxygens (including phenoxy) is 2. The molecule has 7 heteroatoms. The number of carbonyl (C=O) groups is 3. The number of hydrogen-bond acceptors (Lipinski definition) is 7. The Kier molecular flexibility index (Phi) is 5.80. The molecule has 0 saturated heterocycles. The second-order valence-electron chi connectivity index (χ2n) is 5.55. The van der Waals surface area contributed by atoms with Gasteiger partial charge < -0.3 is 14.8 Å². The molecule has 3 rings (SSSR count). The lowest BCUT2D eigenvalue weighted by atomic mass is 10.2. The van der Waals surface area contributed by atoms with Gasteiger partial charge in [0, 0.05) is 12.1 Å². The van der Waals surface area contributed by atoms with Gasteiger partial charge in [-0.05, 0) is 30.0 Å². The molecule has 134 valence electrons. The van der Waals surface area contributed by atoms with Gasteiger partial charge in [-0.25, -0.2) is 4.79 Å². The number of rotatable bonds is 8. The topological polar surface area (TPSA) is 81.7 Å². The standard InChI is InChI=1S/C19H17NO5S/c21-14(16-9-5-11-26-16)8-4-10-24-19(23)17-15(22)12-25-18(17)20-13-6-2-1-3-7-13/h1-3,5-7,9,11,20H,4,8,10,12H2. The molecule has 0 bridgehead atoms. The highest BCUT2D eigenvalue weighted by atomic mass is 32.1. The van der Waals surface area contributed by atoms with Crippen LogP contribution in [0, 0.1) is 0 Å². The first kappa shape index (κ1) is 17.9. The Morgan fingerprint density at radius 3 is 2.69 bits per heavy atom. The van der Waals surface area contributed by atoms with E-state index in [9.17, 15) is 14.4 Å². The van der Waals surface area contributed by atoms with Crippen LogP contribution >= 0.6 is 11.3 Å². The summed E-state index contributed by atoms with van der Waals surface area (Å²) in [5.74, 6) is -1.06. The minimum Gasteiger partial charge on any atom is -0.470 e. The Bertz CT molecular complexity index is 827. The average molecular weight is 371 g/mol. The molecular weight excluding hydrogens is 354 g/mol. The second-order valence-corrected chi connectivity index (χ2v) is 6.49. The van der Waals surface area contributed by atoms with Crippen molar-refractivity contribution in [3.05, 3.63) is 64.2 Å². The van der Waals surface area contributed by atoms with Crippen molar-refractivity contribution in [2.45, 2.75) is 12.8 Å². The number of hydrogen-bond donors (Lipinski definition) is 1. The zero-order valence-electron chi connectivity index (χ0n) is 13.9. The van der Waals surface area contributed by atoms with Gasteiger partial charge in [-0.3, -0.25) is 9.59 Å². The minimum atomic E-state index is -0.741. The van der Waals surface area contributed by atoms with Gasteiger partial charge in [0.05, 0.1) is 11.5 Å². The number of thiophene rings is 1. The third-order valence-electron chi connectivity index (χ3n) is 3.67. The van der Waals surface area contributed by atoms with Gasteiger partial charge in [-0.1, -0.05) is 24.3 Å². The van der Waals surface area contributed by atoms with Crippen LogP contribution in [-0.4, -0.2) is 30.7 Å². The first-order chi connectivity index (χ1) is 12.6. The summed E-state index contributed by atoms with van der Waals surface area (Å²) in [6.07, 6.45) is 0.679. The largest absolute Gasteiger partial charge is 0.470 e. The highest BCUT2D eigenvalue weighted by Gasteiger charge is 2.32. The molecule has 1 N–H and O–H groups in total. The van der Waals surface area contributed by atoms with Crippen LogP contribution < -0.4 is 5.32 Å². The van der Waals surface area contributed by atoms with E-state index in [2.05, 4.69) is 5.32 Å². The van der Waals surface area contributed by atoms with Gasteiger partial charge >= 0.3 is 5.97 Å². The molecule has 2 aromatic rings. The highest BCUT2D eigenvalue weighted by Crippen LogP contribution is 2.20. The Morgan fingerprint density at radius 2 is 1.96 bits per heavy atom. The van der Waals surface area contributed by atoms with Crippen LogP contribution in [0.5, 0.6) is 0 Å². The van der Waals surface area contributed by atoms with Crippen LogP contribution in [0.1, 0.15) is 22.5 Å². The molecule has 0 unspecified atom stereocenters. The lowest BCUT2D eigenvalue weighted by Crippen LogP contribution is -2.17. The van der Waals surface area contributed by atoms with E-state index in [4.69, 9.17) is 9.47 Å². The van der Waals surface area contributed by atoms with Crippen molar-refractivity contribution < 1.29 is 23.9 Å². The van der Waals surface area contributed by atoms with Crippen molar-refractivity contribution in [2.75, 3.05) is 18.5 Å². The van der Waals surface area contributed by atoms with Crippen molar-refractivity contribution in [1.82, 2.24) is 0 Å². The van der Waals surface area contributed by atoms with Crippen LogP contribution in [0.15, 0.2) is 59.3 Å².